The number of carbonyl (C=O) groups is 2. The van der Waals surface area contributed by atoms with E-state index in [4.69, 9.17) is 10.2 Å². The Bertz CT molecular complexity index is 923. The van der Waals surface area contributed by atoms with Gasteiger partial charge in [-0.2, -0.15) is 0 Å². The van der Waals surface area contributed by atoms with E-state index in [-0.39, 0.29) is 23.6 Å². The first-order valence-electron chi connectivity index (χ1n) is 10.6. The highest BCUT2D eigenvalue weighted by atomic mass is 19.3. The van der Waals surface area contributed by atoms with E-state index in [1.54, 1.807) is 6.07 Å². The second kappa shape index (κ2) is 8.62. The van der Waals surface area contributed by atoms with Crippen LogP contribution in [0.5, 0.6) is 0 Å². The maximum Gasteiger partial charge on any atom is 0.287 e. The number of nitrogens with one attached hydrogen (secondary N) is 1. The van der Waals surface area contributed by atoms with Crippen molar-refractivity contribution >= 4 is 28.5 Å². The third-order valence-corrected chi connectivity index (χ3v) is 6.46. The number of hydrogen-bond acceptors (Lipinski definition) is 4. The molecule has 1 aromatic heterocycles. The molecule has 0 spiro atoms. The van der Waals surface area contributed by atoms with E-state index in [1.807, 2.05) is 12.1 Å². The molecule has 2 aromatic rings. The summed E-state index contributed by atoms with van der Waals surface area (Å²) in [7, 11) is 0. The third-order valence-electron chi connectivity index (χ3n) is 6.46. The van der Waals surface area contributed by atoms with E-state index < -0.39 is 18.9 Å². The molecule has 30 heavy (non-hydrogen) atoms. The molecule has 3 N–H and O–H groups in total. The lowest BCUT2D eigenvalue weighted by Crippen LogP contribution is -2.45. The summed E-state index contributed by atoms with van der Waals surface area (Å²) in [5, 5.41) is 2.82. The zero-order valence-corrected chi connectivity index (χ0v) is 16.8. The van der Waals surface area contributed by atoms with Crippen LogP contribution in [-0.2, 0) is 4.79 Å². The average Bonchev–Trinajstić information content (AvgIpc) is 3.36. The summed E-state index contributed by atoms with van der Waals surface area (Å²) < 4.78 is 30.1. The number of primary amides is 1. The number of benzene rings is 1. The van der Waals surface area contributed by atoms with Crippen molar-refractivity contribution in [1.29, 1.82) is 0 Å². The van der Waals surface area contributed by atoms with Crippen molar-refractivity contribution in [3.63, 3.8) is 0 Å². The number of hydrogen-bond donors (Lipinski definition) is 2. The number of nitrogens with zero attached hydrogens (tertiary/aromatic N) is 1. The van der Waals surface area contributed by atoms with E-state index >= 15 is 0 Å². The second-order valence-electron chi connectivity index (χ2n) is 8.33. The van der Waals surface area contributed by atoms with Gasteiger partial charge in [0.15, 0.2) is 5.76 Å². The standard InChI is InChI=1S/C22H27F2N3O3/c23-19(24)12-26-22(29)18-11-14-10-15(6-7-17(14)30-18)27-9-8-16(20(27)21(25)28)13-4-2-1-3-5-13/h6-7,10-11,13,16,19-20H,1-5,8-9,12H2,(H2,25,28)(H,26,29)/t16-,20-/m0/s1. The molecule has 1 aliphatic carbocycles. The van der Waals surface area contributed by atoms with Crippen molar-refractivity contribution in [3.8, 4) is 0 Å². The molecule has 1 aliphatic heterocycles. The zero-order valence-electron chi connectivity index (χ0n) is 16.8. The smallest absolute Gasteiger partial charge is 0.287 e. The summed E-state index contributed by atoms with van der Waals surface area (Å²) in [5.74, 6) is -0.206. The summed E-state index contributed by atoms with van der Waals surface area (Å²) in [6, 6.07) is 6.65. The van der Waals surface area contributed by atoms with Crippen LogP contribution < -0.4 is 16.0 Å². The van der Waals surface area contributed by atoms with Crippen LogP contribution in [0.1, 0.15) is 49.1 Å². The van der Waals surface area contributed by atoms with Crippen molar-refractivity contribution in [1.82, 2.24) is 5.32 Å². The maximum atomic E-state index is 12.4. The molecule has 2 aliphatic rings. The fourth-order valence-corrected chi connectivity index (χ4v) is 5.10. The molecule has 0 unspecified atom stereocenters. The number of anilines is 1. The summed E-state index contributed by atoms with van der Waals surface area (Å²) in [6.45, 7) is 0.0254. The molecule has 2 atom stereocenters. The number of fused-ring (bicyclic) bond motifs is 1. The lowest BCUT2D eigenvalue weighted by molar-refractivity contribution is -0.120. The van der Waals surface area contributed by atoms with Crippen LogP contribution in [0.3, 0.4) is 0 Å². The Morgan fingerprint density at radius 1 is 1.17 bits per heavy atom. The lowest BCUT2D eigenvalue weighted by Gasteiger charge is -2.33. The van der Waals surface area contributed by atoms with Gasteiger partial charge in [0, 0.05) is 17.6 Å². The van der Waals surface area contributed by atoms with Gasteiger partial charge in [-0.25, -0.2) is 8.78 Å². The molecule has 1 saturated heterocycles. The molecule has 6 nitrogen and oxygen atoms in total. The summed E-state index contributed by atoms with van der Waals surface area (Å²) in [6.07, 6.45) is 4.30. The van der Waals surface area contributed by atoms with E-state index in [0.717, 1.165) is 31.5 Å². The average molecular weight is 419 g/mol. The number of alkyl halides is 2. The highest BCUT2D eigenvalue weighted by Gasteiger charge is 2.42. The quantitative estimate of drug-likeness (QED) is 0.748. The van der Waals surface area contributed by atoms with Gasteiger partial charge in [-0.05, 0) is 42.5 Å². The van der Waals surface area contributed by atoms with E-state index in [2.05, 4.69) is 10.2 Å². The van der Waals surface area contributed by atoms with Crippen LogP contribution in [0.2, 0.25) is 0 Å². The van der Waals surface area contributed by atoms with E-state index in [9.17, 15) is 18.4 Å². The maximum absolute atomic E-state index is 12.4. The molecule has 2 heterocycles. The lowest BCUT2D eigenvalue weighted by atomic mass is 9.76. The van der Waals surface area contributed by atoms with Gasteiger partial charge in [-0.3, -0.25) is 9.59 Å². The largest absolute Gasteiger partial charge is 0.451 e. The molecule has 4 rings (SSSR count). The zero-order chi connectivity index (χ0) is 21.3. The highest BCUT2D eigenvalue weighted by molar-refractivity contribution is 5.97. The van der Waals surface area contributed by atoms with Crippen LogP contribution in [0.15, 0.2) is 28.7 Å². The summed E-state index contributed by atoms with van der Waals surface area (Å²) in [4.78, 5) is 26.4. The SMILES string of the molecule is NC(=O)[C@@H]1[C@H](C2CCCCC2)CCN1c1ccc2oc(C(=O)NCC(F)F)cc2c1. The van der Waals surface area contributed by atoms with Crippen LogP contribution in [-0.4, -0.2) is 37.4 Å². The predicted molar refractivity (Wildman–Crippen MR) is 110 cm³/mol. The Kier molecular flexibility index (Phi) is 5.92. The molecule has 162 valence electrons. The van der Waals surface area contributed by atoms with Crippen LogP contribution in [0.4, 0.5) is 14.5 Å². The Morgan fingerprint density at radius 3 is 2.63 bits per heavy atom. The summed E-state index contributed by atoms with van der Waals surface area (Å²) >= 11 is 0. The number of amides is 2. The highest BCUT2D eigenvalue weighted by Crippen LogP contribution is 2.41. The third kappa shape index (κ3) is 4.13. The van der Waals surface area contributed by atoms with Gasteiger partial charge in [0.05, 0.1) is 6.54 Å². The minimum absolute atomic E-state index is 0.0178. The van der Waals surface area contributed by atoms with Crippen LogP contribution in [0, 0.1) is 11.8 Å². The van der Waals surface area contributed by atoms with Crippen molar-refractivity contribution in [2.24, 2.45) is 17.6 Å². The Morgan fingerprint density at radius 2 is 1.93 bits per heavy atom. The Labute approximate surface area is 173 Å². The van der Waals surface area contributed by atoms with E-state index in [1.165, 1.54) is 25.3 Å². The first kappa shape index (κ1) is 20.6. The molecule has 2 fully saturated rings. The Balaban J connectivity index is 1.56. The molecule has 0 radical (unpaired) electrons. The predicted octanol–water partition coefficient (Wildman–Crippen LogP) is 3.69. The first-order valence-corrected chi connectivity index (χ1v) is 10.6. The van der Waals surface area contributed by atoms with Crippen molar-refractivity contribution in [3.05, 3.63) is 30.0 Å². The minimum Gasteiger partial charge on any atom is -0.451 e. The molecule has 0 bridgehead atoms. The molecule has 2 amide bonds. The number of furan rings is 1. The van der Waals surface area contributed by atoms with Gasteiger partial charge in [0.2, 0.25) is 5.91 Å². The van der Waals surface area contributed by atoms with Gasteiger partial charge >= 0.3 is 0 Å². The number of nitrogens with two attached hydrogens (primary N) is 1. The van der Waals surface area contributed by atoms with Crippen molar-refractivity contribution in [2.75, 3.05) is 18.0 Å². The van der Waals surface area contributed by atoms with E-state index in [0.29, 0.717) is 16.9 Å². The van der Waals surface area contributed by atoms with Gasteiger partial charge in [0.25, 0.3) is 12.3 Å². The first-order chi connectivity index (χ1) is 14.4. The molecular weight excluding hydrogens is 392 g/mol. The van der Waals surface area contributed by atoms with Gasteiger partial charge in [-0.15, -0.1) is 0 Å². The van der Waals surface area contributed by atoms with Gasteiger partial charge in [0.1, 0.15) is 11.6 Å². The normalized spacial score (nSPS) is 22.7. The topological polar surface area (TPSA) is 88.6 Å². The fourth-order valence-electron chi connectivity index (χ4n) is 5.10. The van der Waals surface area contributed by atoms with Gasteiger partial charge < -0.3 is 20.4 Å². The molecular formula is C22H27F2N3O3. The molecule has 1 saturated carbocycles. The van der Waals surface area contributed by atoms with Gasteiger partial charge in [-0.1, -0.05) is 32.1 Å². The number of carbonyl (C=O) groups excluding carboxylic acids is 2. The number of halogens is 2. The minimum atomic E-state index is -2.62. The van der Waals surface area contributed by atoms with Crippen LogP contribution in [0.25, 0.3) is 11.0 Å². The van der Waals surface area contributed by atoms with Crippen molar-refractivity contribution < 1.29 is 22.8 Å². The van der Waals surface area contributed by atoms with Crippen molar-refractivity contribution in [2.45, 2.75) is 51.0 Å². The van der Waals surface area contributed by atoms with Crippen LogP contribution >= 0.6 is 0 Å². The number of rotatable bonds is 6. The second-order valence-corrected chi connectivity index (χ2v) is 8.33. The molecule has 1 aromatic carbocycles. The fraction of sp³-hybridized carbons (Fsp3) is 0.545. The Hall–Kier alpha value is -2.64. The monoisotopic (exact) mass is 419 g/mol. The summed E-state index contributed by atoms with van der Waals surface area (Å²) in [5.41, 5.74) is 7.16. The molecule has 8 heteroatoms.